The zero-order valence-electron chi connectivity index (χ0n) is 10.7. The van der Waals surface area contributed by atoms with Crippen LogP contribution >= 0.6 is 11.6 Å². The maximum absolute atomic E-state index is 8.98. The summed E-state index contributed by atoms with van der Waals surface area (Å²) in [5.74, 6) is 0.823. The molecule has 1 aliphatic rings. The van der Waals surface area contributed by atoms with E-state index < -0.39 is 0 Å². The van der Waals surface area contributed by atoms with E-state index in [2.05, 4.69) is 34.9 Å². The summed E-state index contributed by atoms with van der Waals surface area (Å²) in [6.07, 6.45) is 2.32. The monoisotopic (exact) mass is 264 g/mol. The highest BCUT2D eigenvalue weighted by Gasteiger charge is 2.26. The van der Waals surface area contributed by atoms with Gasteiger partial charge in [-0.3, -0.25) is 0 Å². The van der Waals surface area contributed by atoms with Crippen LogP contribution < -0.4 is 4.90 Å². The fourth-order valence-electron chi connectivity index (χ4n) is 2.44. The van der Waals surface area contributed by atoms with Crippen molar-refractivity contribution in [2.45, 2.75) is 18.9 Å². The molecule has 0 spiro atoms. The molecule has 0 radical (unpaired) electrons. The third kappa shape index (κ3) is 2.92. The molecular formula is C13H17ClN4. The lowest BCUT2D eigenvalue weighted by Gasteiger charge is -2.28. The van der Waals surface area contributed by atoms with Crippen molar-refractivity contribution in [3.8, 4) is 6.07 Å². The summed E-state index contributed by atoms with van der Waals surface area (Å²) in [6.45, 7) is 1.98. The molecule has 2 heterocycles. The van der Waals surface area contributed by atoms with Crippen LogP contribution in [0.2, 0.25) is 5.15 Å². The number of halogens is 1. The molecule has 4 nitrogen and oxygen atoms in total. The average molecular weight is 265 g/mol. The minimum atomic E-state index is 0.388. The van der Waals surface area contributed by atoms with E-state index in [0.717, 1.165) is 31.7 Å². The van der Waals surface area contributed by atoms with Crippen molar-refractivity contribution in [3.63, 3.8) is 0 Å². The molecule has 1 fully saturated rings. The van der Waals surface area contributed by atoms with Crippen molar-refractivity contribution in [2.75, 3.05) is 32.1 Å². The number of aromatic nitrogens is 1. The Hall–Kier alpha value is -1.31. The molecular weight excluding hydrogens is 248 g/mol. The summed E-state index contributed by atoms with van der Waals surface area (Å²) in [5, 5.41) is 9.37. The SMILES string of the molecule is CN(C)CC1CCCN1c1cc(C#N)cc(Cl)n1. The highest BCUT2D eigenvalue weighted by molar-refractivity contribution is 6.29. The quantitative estimate of drug-likeness (QED) is 0.785. The van der Waals surface area contributed by atoms with Crippen molar-refractivity contribution in [1.82, 2.24) is 9.88 Å². The average Bonchev–Trinajstić information content (AvgIpc) is 2.75. The smallest absolute Gasteiger partial charge is 0.132 e. The molecule has 1 aromatic rings. The standard InChI is InChI=1S/C13H17ClN4/c1-17(2)9-11-4-3-5-18(11)13-7-10(8-15)6-12(14)16-13/h6-7,11H,3-5,9H2,1-2H3. The molecule has 1 saturated heterocycles. The number of anilines is 1. The maximum Gasteiger partial charge on any atom is 0.132 e. The molecule has 5 heteroatoms. The summed E-state index contributed by atoms with van der Waals surface area (Å²) in [5.41, 5.74) is 0.570. The van der Waals surface area contributed by atoms with Gasteiger partial charge in [-0.05, 0) is 39.1 Å². The number of rotatable bonds is 3. The van der Waals surface area contributed by atoms with Gasteiger partial charge in [0, 0.05) is 19.1 Å². The topological polar surface area (TPSA) is 43.2 Å². The van der Waals surface area contributed by atoms with Gasteiger partial charge in [-0.15, -0.1) is 0 Å². The van der Waals surface area contributed by atoms with Crippen LogP contribution in [0.4, 0.5) is 5.82 Å². The van der Waals surface area contributed by atoms with E-state index in [1.807, 2.05) is 6.07 Å². The van der Waals surface area contributed by atoms with Gasteiger partial charge in [-0.2, -0.15) is 5.26 Å². The Morgan fingerprint density at radius 1 is 1.56 bits per heavy atom. The third-order valence-electron chi connectivity index (χ3n) is 3.16. The van der Waals surface area contributed by atoms with Crippen molar-refractivity contribution in [3.05, 3.63) is 22.8 Å². The summed E-state index contributed by atoms with van der Waals surface area (Å²) < 4.78 is 0. The van der Waals surface area contributed by atoms with E-state index in [4.69, 9.17) is 16.9 Å². The summed E-state index contributed by atoms with van der Waals surface area (Å²) in [4.78, 5) is 8.78. The highest BCUT2D eigenvalue weighted by atomic mass is 35.5. The van der Waals surface area contributed by atoms with Crippen LogP contribution in [-0.4, -0.2) is 43.1 Å². The molecule has 96 valence electrons. The summed E-state index contributed by atoms with van der Waals surface area (Å²) in [7, 11) is 4.14. The van der Waals surface area contributed by atoms with E-state index in [1.54, 1.807) is 6.07 Å². The zero-order valence-corrected chi connectivity index (χ0v) is 11.5. The van der Waals surface area contributed by atoms with Gasteiger partial charge in [0.1, 0.15) is 11.0 Å². The van der Waals surface area contributed by atoms with Crippen molar-refractivity contribution in [2.24, 2.45) is 0 Å². The molecule has 0 aromatic carbocycles. The molecule has 0 saturated carbocycles. The lowest BCUT2D eigenvalue weighted by Crippen LogP contribution is -2.38. The second-order valence-corrected chi connectivity index (χ2v) is 5.29. The van der Waals surface area contributed by atoms with Crippen molar-refractivity contribution in [1.29, 1.82) is 5.26 Å². The number of nitriles is 1. The Morgan fingerprint density at radius 3 is 3.00 bits per heavy atom. The molecule has 0 bridgehead atoms. The van der Waals surface area contributed by atoms with E-state index in [-0.39, 0.29) is 0 Å². The Bertz CT molecular complexity index is 467. The number of pyridine rings is 1. The molecule has 1 aromatic heterocycles. The molecule has 1 atom stereocenters. The van der Waals surface area contributed by atoms with E-state index >= 15 is 0 Å². The summed E-state index contributed by atoms with van der Waals surface area (Å²) in [6, 6.07) is 6.00. The lowest BCUT2D eigenvalue weighted by atomic mass is 10.2. The van der Waals surface area contributed by atoms with Gasteiger partial charge < -0.3 is 9.80 Å². The second kappa shape index (κ2) is 5.55. The van der Waals surface area contributed by atoms with Crippen LogP contribution in [0.5, 0.6) is 0 Å². The highest BCUT2D eigenvalue weighted by Crippen LogP contribution is 2.26. The molecule has 2 rings (SSSR count). The molecule has 18 heavy (non-hydrogen) atoms. The van der Waals surface area contributed by atoms with Crippen LogP contribution in [-0.2, 0) is 0 Å². The van der Waals surface area contributed by atoms with Gasteiger partial charge >= 0.3 is 0 Å². The lowest BCUT2D eigenvalue weighted by molar-refractivity contribution is 0.371. The first-order chi connectivity index (χ1) is 8.60. The van der Waals surface area contributed by atoms with Gasteiger partial charge in [-0.25, -0.2) is 4.98 Å². The zero-order chi connectivity index (χ0) is 13.1. The predicted octanol–water partition coefficient (Wildman–Crippen LogP) is 2.14. The molecule has 1 aliphatic heterocycles. The van der Waals surface area contributed by atoms with Gasteiger partial charge in [-0.1, -0.05) is 11.6 Å². The van der Waals surface area contributed by atoms with Crippen LogP contribution in [0.3, 0.4) is 0 Å². The van der Waals surface area contributed by atoms with Gasteiger partial charge in [0.25, 0.3) is 0 Å². The number of likely N-dealkylation sites (N-methyl/N-ethyl adjacent to an activating group) is 1. The molecule has 1 unspecified atom stereocenters. The normalized spacial score (nSPS) is 19.3. The van der Waals surface area contributed by atoms with Gasteiger partial charge in [0.15, 0.2) is 0 Å². The van der Waals surface area contributed by atoms with Crippen molar-refractivity contribution >= 4 is 17.4 Å². The third-order valence-corrected chi connectivity index (χ3v) is 3.35. The fraction of sp³-hybridized carbons (Fsp3) is 0.538. The Labute approximate surface area is 113 Å². The summed E-state index contributed by atoms with van der Waals surface area (Å²) >= 11 is 5.96. The van der Waals surface area contributed by atoms with Gasteiger partial charge in [0.2, 0.25) is 0 Å². The van der Waals surface area contributed by atoms with Crippen LogP contribution in [0.25, 0.3) is 0 Å². The van der Waals surface area contributed by atoms with Gasteiger partial charge in [0.05, 0.1) is 11.6 Å². The Morgan fingerprint density at radius 2 is 2.33 bits per heavy atom. The second-order valence-electron chi connectivity index (χ2n) is 4.90. The number of nitrogens with zero attached hydrogens (tertiary/aromatic N) is 4. The molecule has 0 aliphatic carbocycles. The largest absolute Gasteiger partial charge is 0.352 e. The first-order valence-corrected chi connectivity index (χ1v) is 6.47. The van der Waals surface area contributed by atoms with Crippen molar-refractivity contribution < 1.29 is 0 Å². The van der Waals surface area contributed by atoms with Crippen LogP contribution in [0.1, 0.15) is 18.4 Å². The maximum atomic E-state index is 8.98. The van der Waals surface area contributed by atoms with Crippen LogP contribution in [0.15, 0.2) is 12.1 Å². The van der Waals surface area contributed by atoms with Crippen LogP contribution in [0, 0.1) is 11.3 Å². The Kier molecular flexibility index (Phi) is 4.05. The minimum absolute atomic E-state index is 0.388. The number of hydrogen-bond donors (Lipinski definition) is 0. The van der Waals surface area contributed by atoms with E-state index in [9.17, 15) is 0 Å². The predicted molar refractivity (Wildman–Crippen MR) is 72.9 cm³/mol. The first-order valence-electron chi connectivity index (χ1n) is 6.09. The minimum Gasteiger partial charge on any atom is -0.352 e. The first kappa shape index (κ1) is 13.1. The number of hydrogen-bond acceptors (Lipinski definition) is 4. The van der Waals surface area contributed by atoms with E-state index in [0.29, 0.717) is 16.8 Å². The molecule has 0 amide bonds. The van der Waals surface area contributed by atoms with E-state index in [1.165, 1.54) is 0 Å². The fourth-order valence-corrected chi connectivity index (χ4v) is 2.65. The Balaban J connectivity index is 2.24. The molecule has 0 N–H and O–H groups in total.